The molecule has 0 atom stereocenters. The van der Waals surface area contributed by atoms with Crippen LogP contribution in [-0.2, 0) is 14.3 Å². The Bertz CT molecular complexity index is 712. The number of rotatable bonds is 7. The van der Waals surface area contributed by atoms with Crippen LogP contribution >= 0.6 is 0 Å². The molecule has 2 rings (SSSR count). The number of carbonyl (C=O) groups is 3. The van der Waals surface area contributed by atoms with Crippen molar-refractivity contribution < 1.29 is 28.3 Å². The number of esters is 1. The van der Waals surface area contributed by atoms with Crippen LogP contribution in [0.25, 0.3) is 11.0 Å². The van der Waals surface area contributed by atoms with Crippen molar-refractivity contribution in [3.05, 3.63) is 30.0 Å². The zero-order valence-corrected chi connectivity index (χ0v) is 12.4. The van der Waals surface area contributed by atoms with Gasteiger partial charge in [-0.3, -0.25) is 14.4 Å². The minimum atomic E-state index is -0.431. The number of hydrogen-bond donors (Lipinski definition) is 0. The quantitative estimate of drug-likeness (QED) is 0.577. The van der Waals surface area contributed by atoms with Gasteiger partial charge < -0.3 is 13.9 Å². The molecule has 0 aliphatic carbocycles. The smallest absolute Gasteiger partial charge is 0.305 e. The summed E-state index contributed by atoms with van der Waals surface area (Å²) in [5, 5.41) is 0.645. The van der Waals surface area contributed by atoms with Crippen molar-refractivity contribution in [2.45, 2.75) is 19.8 Å². The van der Waals surface area contributed by atoms with Crippen molar-refractivity contribution in [3.63, 3.8) is 0 Å². The molecule has 22 heavy (non-hydrogen) atoms. The molecule has 0 spiro atoms. The summed E-state index contributed by atoms with van der Waals surface area (Å²) in [6.07, 6.45) is 1.51. The largest absolute Gasteiger partial charge is 0.486 e. The molecule has 6 nitrogen and oxygen atoms in total. The van der Waals surface area contributed by atoms with Crippen molar-refractivity contribution >= 4 is 28.5 Å². The highest BCUT2D eigenvalue weighted by molar-refractivity contribution is 6.06. The third-order valence-corrected chi connectivity index (χ3v) is 3.16. The maximum atomic E-state index is 11.6. The van der Waals surface area contributed by atoms with Crippen LogP contribution in [0.3, 0.4) is 0 Å². The lowest BCUT2D eigenvalue weighted by Gasteiger charge is -2.05. The van der Waals surface area contributed by atoms with Gasteiger partial charge in [0.25, 0.3) is 0 Å². The Labute approximate surface area is 127 Å². The first kappa shape index (κ1) is 15.8. The molecule has 0 aliphatic rings. The number of methoxy groups -OCH3 is 1. The summed E-state index contributed by atoms with van der Waals surface area (Å²) >= 11 is 0. The number of fused-ring (bicyclic) bond motifs is 1. The van der Waals surface area contributed by atoms with E-state index in [1.165, 1.54) is 20.3 Å². The fourth-order valence-corrected chi connectivity index (χ4v) is 1.95. The van der Waals surface area contributed by atoms with Gasteiger partial charge in [0.2, 0.25) is 0 Å². The summed E-state index contributed by atoms with van der Waals surface area (Å²) in [4.78, 5) is 34.0. The molecule has 2 aromatic rings. The van der Waals surface area contributed by atoms with Gasteiger partial charge in [0, 0.05) is 11.8 Å². The molecule has 0 aliphatic heterocycles. The molecule has 1 heterocycles. The van der Waals surface area contributed by atoms with Crippen LogP contribution in [0, 0.1) is 0 Å². The summed E-state index contributed by atoms with van der Waals surface area (Å²) in [5.74, 6) is -0.281. The standard InChI is InChI=1S/C16H16O6/c1-10(17)14-9-22-15-5-4-12(7-13(14)15)21-8-11(18)3-6-16(19)20-2/h4-5,7,9H,3,6,8H2,1-2H3. The molecule has 0 fully saturated rings. The zero-order chi connectivity index (χ0) is 16.1. The van der Waals surface area contributed by atoms with Gasteiger partial charge in [0.15, 0.2) is 11.6 Å². The predicted molar refractivity (Wildman–Crippen MR) is 78.0 cm³/mol. The van der Waals surface area contributed by atoms with E-state index in [4.69, 9.17) is 9.15 Å². The van der Waals surface area contributed by atoms with Crippen molar-refractivity contribution in [2.75, 3.05) is 13.7 Å². The van der Waals surface area contributed by atoms with Crippen molar-refractivity contribution in [3.8, 4) is 5.75 Å². The Morgan fingerprint density at radius 1 is 1.18 bits per heavy atom. The fraction of sp³-hybridized carbons (Fsp3) is 0.312. The van der Waals surface area contributed by atoms with Gasteiger partial charge in [-0.15, -0.1) is 0 Å². The predicted octanol–water partition coefficient (Wildman–Crippen LogP) is 2.54. The van der Waals surface area contributed by atoms with Gasteiger partial charge in [-0.25, -0.2) is 0 Å². The van der Waals surface area contributed by atoms with Crippen LogP contribution in [0.2, 0.25) is 0 Å². The van der Waals surface area contributed by atoms with E-state index in [2.05, 4.69) is 4.74 Å². The van der Waals surface area contributed by atoms with Crippen LogP contribution in [0.4, 0.5) is 0 Å². The summed E-state index contributed by atoms with van der Waals surface area (Å²) < 4.78 is 15.1. The lowest BCUT2D eigenvalue weighted by atomic mass is 10.1. The average molecular weight is 304 g/mol. The Balaban J connectivity index is 2.00. The molecular formula is C16H16O6. The fourth-order valence-electron chi connectivity index (χ4n) is 1.95. The molecule has 116 valence electrons. The van der Waals surface area contributed by atoms with E-state index >= 15 is 0 Å². The van der Waals surface area contributed by atoms with E-state index in [0.717, 1.165) is 0 Å². The monoisotopic (exact) mass is 304 g/mol. The average Bonchev–Trinajstić information content (AvgIpc) is 2.93. The molecule has 1 aromatic heterocycles. The second-order valence-electron chi connectivity index (χ2n) is 4.77. The van der Waals surface area contributed by atoms with Crippen molar-refractivity contribution in [1.29, 1.82) is 0 Å². The molecule has 0 N–H and O–H groups in total. The van der Waals surface area contributed by atoms with E-state index < -0.39 is 5.97 Å². The Kier molecular flexibility index (Phi) is 4.93. The van der Waals surface area contributed by atoms with Gasteiger partial charge in [0.05, 0.1) is 19.1 Å². The maximum Gasteiger partial charge on any atom is 0.305 e. The van der Waals surface area contributed by atoms with Gasteiger partial charge in [-0.2, -0.15) is 0 Å². The highest BCUT2D eigenvalue weighted by Gasteiger charge is 2.12. The Morgan fingerprint density at radius 3 is 2.64 bits per heavy atom. The van der Waals surface area contributed by atoms with E-state index in [1.807, 2.05) is 0 Å². The van der Waals surface area contributed by atoms with E-state index in [0.29, 0.717) is 22.3 Å². The minimum Gasteiger partial charge on any atom is -0.486 e. The molecule has 0 amide bonds. The SMILES string of the molecule is COC(=O)CCC(=O)COc1ccc2occ(C(C)=O)c2c1. The van der Waals surface area contributed by atoms with E-state index in [9.17, 15) is 14.4 Å². The van der Waals surface area contributed by atoms with Crippen molar-refractivity contribution in [2.24, 2.45) is 0 Å². The summed E-state index contributed by atoms with van der Waals surface area (Å²) in [6.45, 7) is 1.31. The van der Waals surface area contributed by atoms with Gasteiger partial charge in [0.1, 0.15) is 24.2 Å². The summed E-state index contributed by atoms with van der Waals surface area (Å²) in [6, 6.07) is 4.99. The molecule has 0 saturated carbocycles. The zero-order valence-electron chi connectivity index (χ0n) is 12.4. The second kappa shape index (κ2) is 6.89. The number of furan rings is 1. The van der Waals surface area contributed by atoms with Gasteiger partial charge in [-0.1, -0.05) is 0 Å². The summed E-state index contributed by atoms with van der Waals surface area (Å²) in [5.41, 5.74) is 1.05. The van der Waals surface area contributed by atoms with Crippen LogP contribution < -0.4 is 4.74 Å². The number of ether oxygens (including phenoxy) is 2. The lowest BCUT2D eigenvalue weighted by Crippen LogP contribution is -2.13. The first-order valence-corrected chi connectivity index (χ1v) is 6.74. The van der Waals surface area contributed by atoms with Gasteiger partial charge >= 0.3 is 5.97 Å². The van der Waals surface area contributed by atoms with Crippen LogP contribution in [-0.4, -0.2) is 31.3 Å². The van der Waals surface area contributed by atoms with Crippen LogP contribution in [0.15, 0.2) is 28.9 Å². The normalized spacial score (nSPS) is 10.5. The van der Waals surface area contributed by atoms with E-state index in [1.54, 1.807) is 18.2 Å². The molecule has 0 saturated heterocycles. The minimum absolute atomic E-state index is 0.0357. The highest BCUT2D eigenvalue weighted by Crippen LogP contribution is 2.26. The number of benzene rings is 1. The third kappa shape index (κ3) is 3.72. The highest BCUT2D eigenvalue weighted by atomic mass is 16.5. The topological polar surface area (TPSA) is 82.8 Å². The molecule has 6 heteroatoms. The lowest BCUT2D eigenvalue weighted by molar-refractivity contribution is -0.142. The first-order valence-electron chi connectivity index (χ1n) is 6.74. The Morgan fingerprint density at radius 2 is 1.95 bits per heavy atom. The summed E-state index contributed by atoms with van der Waals surface area (Å²) in [7, 11) is 1.27. The van der Waals surface area contributed by atoms with Crippen LogP contribution in [0.5, 0.6) is 5.75 Å². The third-order valence-electron chi connectivity index (χ3n) is 3.16. The molecule has 0 bridgehead atoms. The maximum absolute atomic E-state index is 11.6. The number of carbonyl (C=O) groups excluding carboxylic acids is 3. The molecule has 1 aromatic carbocycles. The number of Topliss-reactive ketones (excluding diaryl/α,β-unsaturated/α-hetero) is 2. The molecular weight excluding hydrogens is 288 g/mol. The first-order chi connectivity index (χ1) is 10.5. The number of ketones is 2. The van der Waals surface area contributed by atoms with E-state index in [-0.39, 0.29) is 31.0 Å². The Hall–Kier alpha value is -2.63. The molecule has 0 unspecified atom stereocenters. The van der Waals surface area contributed by atoms with Gasteiger partial charge in [-0.05, 0) is 25.1 Å². The second-order valence-corrected chi connectivity index (χ2v) is 4.77. The molecule has 0 radical (unpaired) electrons. The number of hydrogen-bond acceptors (Lipinski definition) is 6. The van der Waals surface area contributed by atoms with Crippen molar-refractivity contribution in [1.82, 2.24) is 0 Å². The van der Waals surface area contributed by atoms with Crippen LogP contribution in [0.1, 0.15) is 30.1 Å².